The fraction of sp³-hybridized carbons (Fsp3) is 0. The molecule has 0 aliphatic rings. The number of hydrogen-bond donors (Lipinski definition) is 2. The van der Waals surface area contributed by atoms with Crippen molar-refractivity contribution in [2.75, 3.05) is 0 Å². The molecule has 0 saturated carbocycles. The molecule has 0 unspecified atom stereocenters. The molecule has 1 aromatic heterocycles. The van der Waals surface area contributed by atoms with Crippen LogP contribution in [0.25, 0.3) is 11.3 Å². The number of benzene rings is 1. The second kappa shape index (κ2) is 3.86. The van der Waals surface area contributed by atoms with E-state index in [2.05, 4.69) is 25.9 Å². The lowest BCUT2D eigenvalue weighted by molar-refractivity contribution is 0.0685. The Bertz CT molecular complexity index is 490. The highest BCUT2D eigenvalue weighted by Gasteiger charge is 2.08. The van der Waals surface area contributed by atoms with Gasteiger partial charge in [-0.2, -0.15) is 0 Å². The number of aromatic nitrogens is 2. The highest BCUT2D eigenvalue weighted by molar-refractivity contribution is 9.10. The monoisotopic (exact) mass is 266 g/mol. The highest BCUT2D eigenvalue weighted by Crippen LogP contribution is 2.19. The van der Waals surface area contributed by atoms with E-state index < -0.39 is 5.97 Å². The lowest BCUT2D eigenvalue weighted by Gasteiger charge is -1.96. The van der Waals surface area contributed by atoms with Crippen molar-refractivity contribution in [1.82, 2.24) is 9.97 Å². The molecule has 0 bridgehead atoms. The van der Waals surface area contributed by atoms with Gasteiger partial charge in [0, 0.05) is 4.47 Å². The number of imidazole rings is 1. The van der Waals surface area contributed by atoms with Crippen LogP contribution in [-0.2, 0) is 0 Å². The average molecular weight is 267 g/mol. The van der Waals surface area contributed by atoms with Crippen molar-refractivity contribution in [2.24, 2.45) is 0 Å². The molecule has 0 aliphatic carbocycles. The fourth-order valence-electron chi connectivity index (χ4n) is 1.21. The topological polar surface area (TPSA) is 66.0 Å². The summed E-state index contributed by atoms with van der Waals surface area (Å²) in [6.45, 7) is 0. The van der Waals surface area contributed by atoms with E-state index in [4.69, 9.17) is 5.11 Å². The Morgan fingerprint density at radius 3 is 2.53 bits per heavy atom. The molecule has 0 amide bonds. The van der Waals surface area contributed by atoms with E-state index in [0.717, 1.165) is 10.0 Å². The highest BCUT2D eigenvalue weighted by atomic mass is 79.9. The standard InChI is InChI=1S/C10H7BrN2O2/c11-7-3-1-6(2-4-7)8-5-12-9(13-8)10(14)15/h1-5H,(H,12,13)(H,14,15). The number of H-pyrrole nitrogens is 1. The van der Waals surface area contributed by atoms with Crippen LogP contribution in [0, 0.1) is 0 Å². The van der Waals surface area contributed by atoms with E-state index in [0.29, 0.717) is 5.69 Å². The molecule has 0 fully saturated rings. The van der Waals surface area contributed by atoms with E-state index in [1.165, 1.54) is 6.20 Å². The van der Waals surface area contributed by atoms with Crippen LogP contribution in [0.2, 0.25) is 0 Å². The van der Waals surface area contributed by atoms with Crippen LogP contribution >= 0.6 is 15.9 Å². The van der Waals surface area contributed by atoms with Crippen molar-refractivity contribution < 1.29 is 9.90 Å². The summed E-state index contributed by atoms with van der Waals surface area (Å²) >= 11 is 3.33. The second-order valence-corrected chi connectivity index (χ2v) is 3.87. The van der Waals surface area contributed by atoms with Crippen molar-refractivity contribution in [3.05, 3.63) is 40.8 Å². The van der Waals surface area contributed by atoms with E-state index in [9.17, 15) is 4.79 Å². The molecular weight excluding hydrogens is 260 g/mol. The molecule has 0 spiro atoms. The molecule has 5 heteroatoms. The molecular formula is C10H7BrN2O2. The van der Waals surface area contributed by atoms with Gasteiger partial charge in [0.05, 0.1) is 11.9 Å². The number of nitrogens with one attached hydrogen (secondary N) is 1. The summed E-state index contributed by atoms with van der Waals surface area (Å²) in [4.78, 5) is 17.1. The number of aromatic amines is 1. The van der Waals surface area contributed by atoms with Crippen LogP contribution in [0.5, 0.6) is 0 Å². The number of carboxylic acid groups (broad SMARTS) is 1. The zero-order valence-corrected chi connectivity index (χ0v) is 9.15. The summed E-state index contributed by atoms with van der Waals surface area (Å²) in [6, 6.07) is 7.53. The zero-order valence-electron chi connectivity index (χ0n) is 7.57. The van der Waals surface area contributed by atoms with Gasteiger partial charge in [0.25, 0.3) is 0 Å². The van der Waals surface area contributed by atoms with Gasteiger partial charge in [0.1, 0.15) is 0 Å². The number of carboxylic acids is 1. The average Bonchev–Trinajstić information content (AvgIpc) is 2.68. The summed E-state index contributed by atoms with van der Waals surface area (Å²) < 4.78 is 0.976. The minimum atomic E-state index is -1.06. The van der Waals surface area contributed by atoms with Crippen molar-refractivity contribution in [3.8, 4) is 11.3 Å². The van der Waals surface area contributed by atoms with Crippen LogP contribution in [0.3, 0.4) is 0 Å². The third-order valence-corrected chi connectivity index (χ3v) is 2.46. The molecule has 4 nitrogen and oxygen atoms in total. The largest absolute Gasteiger partial charge is 0.475 e. The van der Waals surface area contributed by atoms with Gasteiger partial charge in [-0.15, -0.1) is 0 Å². The summed E-state index contributed by atoms with van der Waals surface area (Å²) in [6.07, 6.45) is 1.51. The van der Waals surface area contributed by atoms with E-state index >= 15 is 0 Å². The molecule has 15 heavy (non-hydrogen) atoms. The normalized spacial score (nSPS) is 10.2. The van der Waals surface area contributed by atoms with Gasteiger partial charge < -0.3 is 10.1 Å². The van der Waals surface area contributed by atoms with Crippen LogP contribution in [-0.4, -0.2) is 21.0 Å². The Hall–Kier alpha value is -1.62. The first-order chi connectivity index (χ1) is 7.16. The Labute approximate surface area is 94.1 Å². The van der Waals surface area contributed by atoms with E-state index in [1.807, 2.05) is 24.3 Å². The van der Waals surface area contributed by atoms with Gasteiger partial charge in [0.15, 0.2) is 0 Å². The quantitative estimate of drug-likeness (QED) is 0.878. The number of halogens is 1. The van der Waals surface area contributed by atoms with Crippen LogP contribution in [0.4, 0.5) is 0 Å². The maximum absolute atomic E-state index is 10.6. The SMILES string of the molecule is O=C(O)c1ncc(-c2ccc(Br)cc2)[nH]1. The summed E-state index contributed by atoms with van der Waals surface area (Å²) in [5.41, 5.74) is 1.60. The lowest BCUT2D eigenvalue weighted by atomic mass is 10.2. The summed E-state index contributed by atoms with van der Waals surface area (Å²) in [7, 11) is 0. The zero-order chi connectivity index (χ0) is 10.8. The van der Waals surface area contributed by atoms with Gasteiger partial charge in [-0.05, 0) is 17.7 Å². The molecule has 0 aliphatic heterocycles. The third kappa shape index (κ3) is 2.07. The Morgan fingerprint density at radius 1 is 1.33 bits per heavy atom. The van der Waals surface area contributed by atoms with Crippen LogP contribution < -0.4 is 0 Å². The van der Waals surface area contributed by atoms with Gasteiger partial charge in [0.2, 0.25) is 5.82 Å². The molecule has 2 N–H and O–H groups in total. The molecule has 76 valence electrons. The number of carbonyl (C=O) groups is 1. The van der Waals surface area contributed by atoms with E-state index in [-0.39, 0.29) is 5.82 Å². The number of hydrogen-bond acceptors (Lipinski definition) is 2. The fourth-order valence-corrected chi connectivity index (χ4v) is 1.47. The predicted molar refractivity (Wildman–Crippen MR) is 58.7 cm³/mol. The Balaban J connectivity index is 2.37. The van der Waals surface area contributed by atoms with Crippen molar-refractivity contribution in [3.63, 3.8) is 0 Å². The first kappa shape index (κ1) is 9.92. The minimum Gasteiger partial charge on any atom is -0.475 e. The van der Waals surface area contributed by atoms with Crippen LogP contribution in [0.15, 0.2) is 34.9 Å². The summed E-state index contributed by atoms with van der Waals surface area (Å²) in [5, 5.41) is 8.69. The van der Waals surface area contributed by atoms with E-state index in [1.54, 1.807) is 0 Å². The first-order valence-electron chi connectivity index (χ1n) is 4.21. The molecule has 0 radical (unpaired) electrons. The third-order valence-electron chi connectivity index (χ3n) is 1.93. The summed E-state index contributed by atoms with van der Waals surface area (Å²) in [5.74, 6) is -1.11. The molecule has 2 rings (SSSR count). The molecule has 2 aromatic rings. The van der Waals surface area contributed by atoms with Crippen LogP contribution in [0.1, 0.15) is 10.6 Å². The Morgan fingerprint density at radius 2 is 2.00 bits per heavy atom. The van der Waals surface area contributed by atoms with Crippen molar-refractivity contribution in [1.29, 1.82) is 0 Å². The lowest BCUT2D eigenvalue weighted by Crippen LogP contribution is -1.98. The smallest absolute Gasteiger partial charge is 0.371 e. The molecule has 1 aromatic carbocycles. The van der Waals surface area contributed by atoms with Gasteiger partial charge in [-0.3, -0.25) is 0 Å². The molecule has 1 heterocycles. The van der Waals surface area contributed by atoms with Gasteiger partial charge >= 0.3 is 5.97 Å². The first-order valence-corrected chi connectivity index (χ1v) is 5.00. The van der Waals surface area contributed by atoms with Gasteiger partial charge in [-0.25, -0.2) is 9.78 Å². The Kier molecular flexibility index (Phi) is 2.55. The predicted octanol–water partition coefficient (Wildman–Crippen LogP) is 2.54. The number of rotatable bonds is 2. The number of aromatic carboxylic acids is 1. The number of nitrogens with zero attached hydrogens (tertiary/aromatic N) is 1. The maximum atomic E-state index is 10.6. The molecule has 0 saturated heterocycles. The van der Waals surface area contributed by atoms with Crippen molar-refractivity contribution >= 4 is 21.9 Å². The van der Waals surface area contributed by atoms with Crippen molar-refractivity contribution in [2.45, 2.75) is 0 Å². The van der Waals surface area contributed by atoms with Gasteiger partial charge in [-0.1, -0.05) is 28.1 Å². The maximum Gasteiger partial charge on any atom is 0.371 e. The molecule has 0 atom stereocenters. The minimum absolute atomic E-state index is 0.0482. The second-order valence-electron chi connectivity index (χ2n) is 2.96.